The summed E-state index contributed by atoms with van der Waals surface area (Å²) in [5.41, 5.74) is 0. The summed E-state index contributed by atoms with van der Waals surface area (Å²) in [4.78, 5) is 23.9. The molecule has 0 bridgehead atoms. The highest BCUT2D eigenvalue weighted by Gasteiger charge is 2.15. The van der Waals surface area contributed by atoms with E-state index in [4.69, 9.17) is 9.84 Å². The highest BCUT2D eigenvalue weighted by molar-refractivity contribution is 5.70. The average molecular weight is 245 g/mol. The van der Waals surface area contributed by atoms with Crippen molar-refractivity contribution < 1.29 is 19.4 Å². The predicted molar refractivity (Wildman–Crippen MR) is 64.8 cm³/mol. The van der Waals surface area contributed by atoms with Crippen LogP contribution in [-0.4, -0.2) is 48.7 Å². The maximum atomic E-state index is 11.1. The van der Waals surface area contributed by atoms with Crippen molar-refractivity contribution in [3.8, 4) is 0 Å². The van der Waals surface area contributed by atoms with Gasteiger partial charge in [-0.1, -0.05) is 6.92 Å². The molecular weight excluding hydrogens is 222 g/mol. The monoisotopic (exact) mass is 245 g/mol. The largest absolute Gasteiger partial charge is 0.481 e. The Balaban J connectivity index is 3.75. The van der Waals surface area contributed by atoms with Crippen LogP contribution in [0, 0.1) is 5.92 Å². The molecule has 0 saturated heterocycles. The van der Waals surface area contributed by atoms with Crippen molar-refractivity contribution in [2.45, 2.75) is 33.1 Å². The molecule has 0 aliphatic rings. The van der Waals surface area contributed by atoms with Crippen LogP contribution in [0.25, 0.3) is 0 Å². The van der Waals surface area contributed by atoms with Crippen molar-refractivity contribution in [1.29, 1.82) is 0 Å². The van der Waals surface area contributed by atoms with Gasteiger partial charge in [-0.2, -0.15) is 0 Å². The van der Waals surface area contributed by atoms with E-state index < -0.39 is 5.97 Å². The van der Waals surface area contributed by atoms with Crippen molar-refractivity contribution in [2.24, 2.45) is 5.92 Å². The van der Waals surface area contributed by atoms with Crippen molar-refractivity contribution in [3.63, 3.8) is 0 Å². The van der Waals surface area contributed by atoms with E-state index in [-0.39, 0.29) is 11.9 Å². The number of carbonyl (C=O) groups excluding carboxylic acids is 1. The summed E-state index contributed by atoms with van der Waals surface area (Å²) >= 11 is 0. The molecule has 0 aromatic rings. The first kappa shape index (κ1) is 15.9. The summed E-state index contributed by atoms with van der Waals surface area (Å²) in [7, 11) is 1.88. The zero-order valence-corrected chi connectivity index (χ0v) is 10.9. The Bertz CT molecular complexity index is 243. The SMILES string of the molecule is CCOC(=O)CCN(C)CCC(CC)C(=O)O. The fourth-order valence-corrected chi connectivity index (χ4v) is 1.51. The lowest BCUT2D eigenvalue weighted by Gasteiger charge is -2.18. The lowest BCUT2D eigenvalue weighted by atomic mass is 10.0. The van der Waals surface area contributed by atoms with Crippen molar-refractivity contribution in [3.05, 3.63) is 0 Å². The summed E-state index contributed by atoms with van der Waals surface area (Å²) in [6.07, 6.45) is 1.61. The van der Waals surface area contributed by atoms with Crippen LogP contribution in [0.4, 0.5) is 0 Å². The molecule has 0 saturated carbocycles. The predicted octanol–water partition coefficient (Wildman–Crippen LogP) is 1.37. The molecule has 0 amide bonds. The molecule has 0 aliphatic heterocycles. The normalized spacial score (nSPS) is 12.5. The highest BCUT2D eigenvalue weighted by Crippen LogP contribution is 2.09. The van der Waals surface area contributed by atoms with Crippen LogP contribution in [0.15, 0.2) is 0 Å². The van der Waals surface area contributed by atoms with Gasteiger partial charge >= 0.3 is 11.9 Å². The molecular formula is C12H23NO4. The first-order valence-electron chi connectivity index (χ1n) is 6.08. The highest BCUT2D eigenvalue weighted by atomic mass is 16.5. The van der Waals surface area contributed by atoms with Crippen LogP contribution in [0.5, 0.6) is 0 Å². The minimum atomic E-state index is -0.744. The molecule has 1 atom stereocenters. The topological polar surface area (TPSA) is 66.8 Å². The molecule has 5 heteroatoms. The number of carbonyl (C=O) groups is 2. The zero-order chi connectivity index (χ0) is 13.3. The van der Waals surface area contributed by atoms with E-state index >= 15 is 0 Å². The maximum Gasteiger partial charge on any atom is 0.307 e. The summed E-state index contributed by atoms with van der Waals surface area (Å²) in [6.45, 7) is 5.34. The number of nitrogens with zero attached hydrogens (tertiary/aromatic N) is 1. The third-order valence-electron chi connectivity index (χ3n) is 2.70. The smallest absolute Gasteiger partial charge is 0.307 e. The first-order chi connectivity index (χ1) is 8.01. The second-order valence-electron chi connectivity index (χ2n) is 4.09. The molecule has 0 spiro atoms. The summed E-state index contributed by atoms with van der Waals surface area (Å²) in [5.74, 6) is -1.24. The minimum absolute atomic E-state index is 0.204. The molecule has 0 radical (unpaired) electrons. The van der Waals surface area contributed by atoms with Gasteiger partial charge in [0.1, 0.15) is 0 Å². The second-order valence-corrected chi connectivity index (χ2v) is 4.09. The molecule has 17 heavy (non-hydrogen) atoms. The van der Waals surface area contributed by atoms with Crippen LogP contribution < -0.4 is 0 Å². The Hall–Kier alpha value is -1.10. The number of carboxylic acids is 1. The molecule has 0 aromatic heterocycles. The van der Waals surface area contributed by atoms with Gasteiger partial charge in [-0.25, -0.2) is 0 Å². The Morgan fingerprint density at radius 2 is 1.94 bits per heavy atom. The Morgan fingerprint density at radius 3 is 2.41 bits per heavy atom. The molecule has 0 fully saturated rings. The van der Waals surface area contributed by atoms with E-state index in [1.165, 1.54) is 0 Å². The molecule has 0 heterocycles. The van der Waals surface area contributed by atoms with Crippen molar-refractivity contribution in [1.82, 2.24) is 4.90 Å². The first-order valence-corrected chi connectivity index (χ1v) is 6.08. The van der Waals surface area contributed by atoms with Gasteiger partial charge in [0.05, 0.1) is 18.9 Å². The van der Waals surface area contributed by atoms with E-state index in [9.17, 15) is 9.59 Å². The molecule has 1 unspecified atom stereocenters. The molecule has 100 valence electrons. The van der Waals surface area contributed by atoms with Crippen LogP contribution >= 0.6 is 0 Å². The Labute approximate surface area is 103 Å². The molecule has 0 aliphatic carbocycles. The van der Waals surface area contributed by atoms with E-state index in [1.54, 1.807) is 6.92 Å². The standard InChI is InChI=1S/C12H23NO4/c1-4-10(12(15)16)6-8-13(3)9-7-11(14)17-5-2/h10H,4-9H2,1-3H3,(H,15,16). The minimum Gasteiger partial charge on any atom is -0.481 e. The van der Waals surface area contributed by atoms with E-state index in [2.05, 4.69) is 0 Å². The number of ether oxygens (including phenoxy) is 1. The quantitative estimate of drug-likeness (QED) is 0.621. The van der Waals surface area contributed by atoms with E-state index in [0.29, 0.717) is 39.0 Å². The van der Waals surface area contributed by atoms with Crippen LogP contribution in [0.1, 0.15) is 33.1 Å². The summed E-state index contributed by atoms with van der Waals surface area (Å²) in [5, 5.41) is 8.88. The number of carboxylic acid groups (broad SMARTS) is 1. The van der Waals surface area contributed by atoms with Gasteiger partial charge in [0, 0.05) is 6.54 Å². The van der Waals surface area contributed by atoms with Crippen LogP contribution in [0.3, 0.4) is 0 Å². The summed E-state index contributed by atoms with van der Waals surface area (Å²) < 4.78 is 4.82. The van der Waals surface area contributed by atoms with Gasteiger partial charge in [0.15, 0.2) is 0 Å². The molecule has 1 N–H and O–H groups in total. The van der Waals surface area contributed by atoms with Gasteiger partial charge in [-0.3, -0.25) is 9.59 Å². The van der Waals surface area contributed by atoms with Gasteiger partial charge in [0.2, 0.25) is 0 Å². The molecule has 0 aromatic carbocycles. The van der Waals surface area contributed by atoms with Gasteiger partial charge in [0.25, 0.3) is 0 Å². The number of esters is 1. The average Bonchev–Trinajstić information content (AvgIpc) is 2.27. The number of rotatable bonds is 9. The Morgan fingerprint density at radius 1 is 1.29 bits per heavy atom. The second kappa shape index (κ2) is 8.98. The van der Waals surface area contributed by atoms with Crippen LogP contribution in [-0.2, 0) is 14.3 Å². The van der Waals surface area contributed by atoms with Gasteiger partial charge in [-0.05, 0) is 33.4 Å². The maximum absolute atomic E-state index is 11.1. The van der Waals surface area contributed by atoms with Crippen molar-refractivity contribution >= 4 is 11.9 Å². The van der Waals surface area contributed by atoms with Crippen LogP contribution in [0.2, 0.25) is 0 Å². The lowest BCUT2D eigenvalue weighted by Crippen LogP contribution is -2.26. The molecule has 5 nitrogen and oxygen atoms in total. The Kier molecular flexibility index (Phi) is 8.40. The number of hydrogen-bond donors (Lipinski definition) is 1. The fourth-order valence-electron chi connectivity index (χ4n) is 1.51. The number of aliphatic carboxylic acids is 1. The third kappa shape index (κ3) is 7.74. The zero-order valence-electron chi connectivity index (χ0n) is 10.9. The third-order valence-corrected chi connectivity index (χ3v) is 2.70. The van der Waals surface area contributed by atoms with E-state index in [0.717, 1.165) is 0 Å². The van der Waals surface area contributed by atoms with Crippen molar-refractivity contribution in [2.75, 3.05) is 26.7 Å². The fraction of sp³-hybridized carbons (Fsp3) is 0.833. The van der Waals surface area contributed by atoms with Gasteiger partial charge in [-0.15, -0.1) is 0 Å². The lowest BCUT2D eigenvalue weighted by molar-refractivity contribution is -0.144. The molecule has 0 rings (SSSR count). The van der Waals surface area contributed by atoms with E-state index in [1.807, 2.05) is 18.9 Å². The number of hydrogen-bond acceptors (Lipinski definition) is 4. The summed E-state index contributed by atoms with van der Waals surface area (Å²) in [6, 6.07) is 0. The van der Waals surface area contributed by atoms with Gasteiger partial charge < -0.3 is 14.7 Å².